The van der Waals surface area contributed by atoms with Gasteiger partial charge < -0.3 is 10.6 Å². The highest BCUT2D eigenvalue weighted by Crippen LogP contribution is 2.23. The lowest BCUT2D eigenvalue weighted by molar-refractivity contribution is -0.123. The van der Waals surface area contributed by atoms with Crippen molar-refractivity contribution in [3.63, 3.8) is 0 Å². The molecule has 0 aromatic carbocycles. The van der Waals surface area contributed by atoms with Crippen molar-refractivity contribution < 1.29 is 9.59 Å². The normalized spacial score (nSPS) is 23.9. The Morgan fingerprint density at radius 1 is 1.30 bits per heavy atom. The minimum absolute atomic E-state index is 0.0885. The minimum atomic E-state index is -0.496. The summed E-state index contributed by atoms with van der Waals surface area (Å²) in [6, 6.07) is 3.35. The lowest BCUT2D eigenvalue weighted by Gasteiger charge is -2.28. The summed E-state index contributed by atoms with van der Waals surface area (Å²) >= 11 is 1.38. The Labute approximate surface area is 124 Å². The molecule has 0 radical (unpaired) electrons. The topological polar surface area (TPSA) is 58.2 Å². The van der Waals surface area contributed by atoms with E-state index >= 15 is 0 Å². The van der Waals surface area contributed by atoms with Crippen molar-refractivity contribution in [1.82, 2.24) is 10.6 Å². The molecule has 1 aromatic rings. The minimum Gasteiger partial charge on any atom is -0.352 e. The number of rotatable bonds is 4. The molecule has 1 aliphatic rings. The first-order valence-electron chi connectivity index (χ1n) is 7.21. The Morgan fingerprint density at radius 2 is 2.00 bits per heavy atom. The molecular weight excluding hydrogens is 272 g/mol. The van der Waals surface area contributed by atoms with Crippen molar-refractivity contribution in [2.75, 3.05) is 0 Å². The number of carbonyl (C=O) groups excluding carboxylic acids is 2. The fourth-order valence-electron chi connectivity index (χ4n) is 2.47. The van der Waals surface area contributed by atoms with Crippen LogP contribution in [-0.4, -0.2) is 23.9 Å². The van der Waals surface area contributed by atoms with Crippen LogP contribution in [0.5, 0.6) is 0 Å². The first kappa shape index (κ1) is 15.0. The molecule has 1 fully saturated rings. The van der Waals surface area contributed by atoms with Crippen LogP contribution < -0.4 is 10.6 Å². The van der Waals surface area contributed by atoms with Crippen LogP contribution in [0.1, 0.15) is 49.2 Å². The Kier molecular flexibility index (Phi) is 5.17. The Balaban J connectivity index is 1.78. The summed E-state index contributed by atoms with van der Waals surface area (Å²) in [4.78, 5) is 24.6. The van der Waals surface area contributed by atoms with E-state index in [-0.39, 0.29) is 17.9 Å². The van der Waals surface area contributed by atoms with Gasteiger partial charge in [-0.25, -0.2) is 0 Å². The van der Waals surface area contributed by atoms with E-state index in [1.807, 2.05) is 11.4 Å². The highest BCUT2D eigenvalue weighted by atomic mass is 32.1. The number of hydrogen-bond donors (Lipinski definition) is 2. The SMILES string of the molecule is CC1CCC(NC(=O)[C@@H](C)NC(=O)c2cccs2)CC1. The highest BCUT2D eigenvalue weighted by Gasteiger charge is 2.23. The summed E-state index contributed by atoms with van der Waals surface area (Å²) in [6.45, 7) is 3.98. The monoisotopic (exact) mass is 294 g/mol. The molecule has 2 amide bonds. The van der Waals surface area contributed by atoms with Gasteiger partial charge in [0, 0.05) is 6.04 Å². The van der Waals surface area contributed by atoms with Crippen LogP contribution in [-0.2, 0) is 4.79 Å². The predicted octanol–water partition coefficient (Wildman–Crippen LogP) is 2.56. The summed E-state index contributed by atoms with van der Waals surface area (Å²) < 4.78 is 0. The Bertz CT molecular complexity index is 450. The van der Waals surface area contributed by atoms with E-state index in [0.29, 0.717) is 4.88 Å². The molecule has 1 atom stereocenters. The van der Waals surface area contributed by atoms with Crippen LogP contribution in [0.2, 0.25) is 0 Å². The molecule has 110 valence electrons. The van der Waals surface area contributed by atoms with Gasteiger partial charge in [-0.2, -0.15) is 0 Å². The smallest absolute Gasteiger partial charge is 0.261 e. The number of carbonyl (C=O) groups is 2. The summed E-state index contributed by atoms with van der Waals surface area (Å²) in [5, 5.41) is 7.63. The van der Waals surface area contributed by atoms with Gasteiger partial charge in [0.15, 0.2) is 0 Å². The first-order chi connectivity index (χ1) is 9.56. The summed E-state index contributed by atoms with van der Waals surface area (Å²) in [7, 11) is 0. The molecule has 0 spiro atoms. The molecule has 0 unspecified atom stereocenters. The van der Waals surface area contributed by atoms with E-state index in [2.05, 4.69) is 17.6 Å². The molecule has 0 bridgehead atoms. The second kappa shape index (κ2) is 6.88. The maximum absolute atomic E-state index is 12.1. The molecule has 4 nitrogen and oxygen atoms in total. The quantitative estimate of drug-likeness (QED) is 0.896. The van der Waals surface area contributed by atoms with Crippen LogP contribution in [0.4, 0.5) is 0 Å². The summed E-state index contributed by atoms with van der Waals surface area (Å²) in [5.41, 5.74) is 0. The van der Waals surface area contributed by atoms with Crippen molar-refractivity contribution in [3.05, 3.63) is 22.4 Å². The number of amides is 2. The first-order valence-corrected chi connectivity index (χ1v) is 8.09. The number of nitrogens with one attached hydrogen (secondary N) is 2. The van der Waals surface area contributed by atoms with Crippen LogP contribution in [0.25, 0.3) is 0 Å². The second-order valence-corrected chi connectivity index (χ2v) is 6.59. The molecule has 1 heterocycles. The van der Waals surface area contributed by atoms with Crippen LogP contribution in [0, 0.1) is 5.92 Å². The third-order valence-corrected chi connectivity index (χ3v) is 4.72. The molecule has 1 aliphatic carbocycles. The Hall–Kier alpha value is -1.36. The molecule has 1 aromatic heterocycles. The lowest BCUT2D eigenvalue weighted by Crippen LogP contribution is -2.48. The van der Waals surface area contributed by atoms with Crippen molar-refractivity contribution in [2.45, 2.75) is 51.6 Å². The van der Waals surface area contributed by atoms with Gasteiger partial charge in [0.25, 0.3) is 5.91 Å². The van der Waals surface area contributed by atoms with Gasteiger partial charge in [-0.05, 0) is 50.0 Å². The zero-order chi connectivity index (χ0) is 14.5. The second-order valence-electron chi connectivity index (χ2n) is 5.64. The molecule has 2 rings (SSSR count). The highest BCUT2D eigenvalue weighted by molar-refractivity contribution is 7.12. The zero-order valence-corrected chi connectivity index (χ0v) is 12.8. The van der Waals surface area contributed by atoms with Crippen LogP contribution in [0.3, 0.4) is 0 Å². The summed E-state index contributed by atoms with van der Waals surface area (Å²) in [6.07, 6.45) is 4.42. The third kappa shape index (κ3) is 4.07. The molecule has 0 aliphatic heterocycles. The van der Waals surface area contributed by atoms with Gasteiger partial charge in [-0.15, -0.1) is 11.3 Å². The van der Waals surface area contributed by atoms with Gasteiger partial charge in [0.05, 0.1) is 4.88 Å². The molecule has 0 saturated heterocycles. The van der Waals surface area contributed by atoms with Gasteiger partial charge in [-0.1, -0.05) is 13.0 Å². The largest absolute Gasteiger partial charge is 0.352 e. The predicted molar refractivity (Wildman–Crippen MR) is 80.8 cm³/mol. The Morgan fingerprint density at radius 3 is 2.60 bits per heavy atom. The van der Waals surface area contributed by atoms with Crippen LogP contribution >= 0.6 is 11.3 Å². The summed E-state index contributed by atoms with van der Waals surface area (Å²) in [5.74, 6) is 0.494. The van der Waals surface area contributed by atoms with E-state index in [9.17, 15) is 9.59 Å². The van der Waals surface area contributed by atoms with Gasteiger partial charge in [0.1, 0.15) is 6.04 Å². The van der Waals surface area contributed by atoms with Gasteiger partial charge >= 0.3 is 0 Å². The average Bonchev–Trinajstić information content (AvgIpc) is 2.95. The number of thiophene rings is 1. The van der Waals surface area contributed by atoms with E-state index < -0.39 is 6.04 Å². The third-order valence-electron chi connectivity index (χ3n) is 3.85. The maximum Gasteiger partial charge on any atom is 0.261 e. The number of hydrogen-bond acceptors (Lipinski definition) is 3. The molecule has 2 N–H and O–H groups in total. The standard InChI is InChI=1S/C15H22N2O2S/c1-10-5-7-12(8-6-10)17-14(18)11(2)16-15(19)13-4-3-9-20-13/h3-4,9-12H,5-8H2,1-2H3,(H,16,19)(H,17,18)/t10?,11-,12?/m1/s1. The lowest BCUT2D eigenvalue weighted by atomic mass is 9.87. The molecule has 5 heteroatoms. The maximum atomic E-state index is 12.1. The average molecular weight is 294 g/mol. The van der Waals surface area contributed by atoms with E-state index in [0.717, 1.165) is 18.8 Å². The van der Waals surface area contributed by atoms with Crippen molar-refractivity contribution in [3.8, 4) is 0 Å². The fraction of sp³-hybridized carbons (Fsp3) is 0.600. The van der Waals surface area contributed by atoms with Crippen molar-refractivity contribution in [2.24, 2.45) is 5.92 Å². The van der Waals surface area contributed by atoms with Gasteiger partial charge in [0.2, 0.25) is 5.91 Å². The van der Waals surface area contributed by atoms with Crippen LogP contribution in [0.15, 0.2) is 17.5 Å². The zero-order valence-electron chi connectivity index (χ0n) is 12.0. The molecule has 1 saturated carbocycles. The van der Waals surface area contributed by atoms with E-state index in [1.165, 1.54) is 24.2 Å². The van der Waals surface area contributed by atoms with Crippen molar-refractivity contribution >= 4 is 23.2 Å². The van der Waals surface area contributed by atoms with E-state index in [4.69, 9.17) is 0 Å². The van der Waals surface area contributed by atoms with E-state index in [1.54, 1.807) is 13.0 Å². The fourth-order valence-corrected chi connectivity index (χ4v) is 3.10. The van der Waals surface area contributed by atoms with Crippen molar-refractivity contribution in [1.29, 1.82) is 0 Å². The van der Waals surface area contributed by atoms with Gasteiger partial charge in [-0.3, -0.25) is 9.59 Å². The molecular formula is C15H22N2O2S. The molecule has 20 heavy (non-hydrogen) atoms.